The zero-order chi connectivity index (χ0) is 14.7. The van der Waals surface area contributed by atoms with E-state index in [1.807, 2.05) is 26.0 Å². The molecule has 4 nitrogen and oxygen atoms in total. The predicted octanol–water partition coefficient (Wildman–Crippen LogP) is 2.88. The van der Waals surface area contributed by atoms with Crippen LogP contribution < -0.4 is 0 Å². The smallest absolute Gasteiger partial charge is 0.122 e. The lowest BCUT2D eigenvalue weighted by Crippen LogP contribution is -2.13. The number of aliphatic hydroxyl groups is 1. The summed E-state index contributed by atoms with van der Waals surface area (Å²) in [7, 11) is 1.63. The van der Waals surface area contributed by atoms with Crippen LogP contribution in [0.4, 0.5) is 0 Å². The number of rotatable bonds is 5. The SMILES string of the molecule is COCCn1ncc(Cl)c1C(O)c1cc(C)cc(C)c1. The molecule has 1 atom stereocenters. The normalized spacial score (nSPS) is 12.7. The lowest BCUT2D eigenvalue weighted by atomic mass is 10.0. The highest BCUT2D eigenvalue weighted by molar-refractivity contribution is 6.31. The van der Waals surface area contributed by atoms with Gasteiger partial charge >= 0.3 is 0 Å². The second-order valence-corrected chi connectivity index (χ2v) is 5.32. The molecule has 0 aliphatic heterocycles. The van der Waals surface area contributed by atoms with Crippen molar-refractivity contribution in [2.45, 2.75) is 26.5 Å². The number of aryl methyl sites for hydroxylation is 2. The molecule has 0 saturated carbocycles. The molecule has 1 N–H and O–H groups in total. The second kappa shape index (κ2) is 6.39. The highest BCUT2D eigenvalue weighted by Gasteiger charge is 2.20. The second-order valence-electron chi connectivity index (χ2n) is 4.92. The Morgan fingerprint density at radius 1 is 1.30 bits per heavy atom. The molecule has 108 valence electrons. The monoisotopic (exact) mass is 294 g/mol. The number of aromatic nitrogens is 2. The van der Waals surface area contributed by atoms with Crippen LogP contribution in [0.25, 0.3) is 0 Å². The van der Waals surface area contributed by atoms with Gasteiger partial charge in [0, 0.05) is 7.11 Å². The maximum atomic E-state index is 10.6. The van der Waals surface area contributed by atoms with E-state index in [1.54, 1.807) is 18.0 Å². The Morgan fingerprint density at radius 2 is 1.95 bits per heavy atom. The van der Waals surface area contributed by atoms with Gasteiger partial charge < -0.3 is 9.84 Å². The first-order chi connectivity index (χ1) is 9.52. The molecular formula is C15H19ClN2O2. The van der Waals surface area contributed by atoms with Crippen molar-refractivity contribution in [1.82, 2.24) is 9.78 Å². The van der Waals surface area contributed by atoms with Crippen LogP contribution in [-0.4, -0.2) is 28.6 Å². The van der Waals surface area contributed by atoms with Gasteiger partial charge in [-0.1, -0.05) is 40.9 Å². The van der Waals surface area contributed by atoms with Gasteiger partial charge in [0.15, 0.2) is 0 Å². The first kappa shape index (κ1) is 15.0. The van der Waals surface area contributed by atoms with Crippen molar-refractivity contribution in [2.24, 2.45) is 0 Å². The summed E-state index contributed by atoms with van der Waals surface area (Å²) in [6, 6.07) is 5.99. The van der Waals surface area contributed by atoms with Gasteiger partial charge in [0.05, 0.1) is 30.1 Å². The van der Waals surface area contributed by atoms with Crippen LogP contribution in [0.1, 0.15) is 28.5 Å². The minimum atomic E-state index is -0.791. The third kappa shape index (κ3) is 3.20. The molecule has 0 radical (unpaired) electrons. The van der Waals surface area contributed by atoms with Crippen LogP contribution >= 0.6 is 11.6 Å². The Labute approximate surface area is 123 Å². The van der Waals surface area contributed by atoms with Gasteiger partial charge in [0.1, 0.15) is 6.10 Å². The summed E-state index contributed by atoms with van der Waals surface area (Å²) in [4.78, 5) is 0. The van der Waals surface area contributed by atoms with E-state index in [0.29, 0.717) is 23.9 Å². The van der Waals surface area contributed by atoms with E-state index in [1.165, 1.54) is 0 Å². The summed E-state index contributed by atoms with van der Waals surface area (Å²) in [5.74, 6) is 0. The lowest BCUT2D eigenvalue weighted by Gasteiger charge is -2.15. The van der Waals surface area contributed by atoms with Crippen molar-refractivity contribution in [3.05, 3.63) is 51.8 Å². The Hall–Kier alpha value is -1.36. The van der Waals surface area contributed by atoms with Crippen molar-refractivity contribution >= 4 is 11.6 Å². The predicted molar refractivity (Wildman–Crippen MR) is 79.1 cm³/mol. The van der Waals surface area contributed by atoms with Crippen LogP contribution in [-0.2, 0) is 11.3 Å². The van der Waals surface area contributed by atoms with Gasteiger partial charge in [-0.25, -0.2) is 0 Å². The fourth-order valence-electron chi connectivity index (χ4n) is 2.33. The van der Waals surface area contributed by atoms with Crippen molar-refractivity contribution in [1.29, 1.82) is 0 Å². The van der Waals surface area contributed by atoms with E-state index >= 15 is 0 Å². The van der Waals surface area contributed by atoms with Gasteiger partial charge in [-0.05, 0) is 19.4 Å². The standard InChI is InChI=1S/C15H19ClN2O2/c1-10-6-11(2)8-12(7-10)15(19)14-13(16)9-17-18(14)4-5-20-3/h6-9,15,19H,4-5H2,1-3H3. The maximum Gasteiger partial charge on any atom is 0.122 e. The molecule has 1 unspecified atom stereocenters. The van der Waals surface area contributed by atoms with Crippen molar-refractivity contribution in [3.63, 3.8) is 0 Å². The molecule has 0 spiro atoms. The summed E-state index contributed by atoms with van der Waals surface area (Å²) in [5.41, 5.74) is 3.65. The average molecular weight is 295 g/mol. The molecule has 0 saturated heterocycles. The number of hydrogen-bond donors (Lipinski definition) is 1. The number of ether oxygens (including phenoxy) is 1. The van der Waals surface area contributed by atoms with Gasteiger partial charge in [-0.2, -0.15) is 5.10 Å². The van der Waals surface area contributed by atoms with E-state index in [4.69, 9.17) is 16.3 Å². The molecule has 5 heteroatoms. The van der Waals surface area contributed by atoms with Crippen LogP contribution in [0, 0.1) is 13.8 Å². The fraction of sp³-hybridized carbons (Fsp3) is 0.400. The number of methoxy groups -OCH3 is 1. The molecule has 0 bridgehead atoms. The summed E-state index contributed by atoms with van der Waals surface area (Å²) >= 11 is 6.16. The minimum absolute atomic E-state index is 0.466. The van der Waals surface area contributed by atoms with Crippen LogP contribution in [0.2, 0.25) is 5.02 Å². The summed E-state index contributed by atoms with van der Waals surface area (Å²) < 4.78 is 6.74. The molecule has 2 rings (SSSR count). The van der Waals surface area contributed by atoms with Gasteiger partial charge in [-0.3, -0.25) is 4.68 Å². The summed E-state index contributed by atoms with van der Waals surface area (Å²) in [6.07, 6.45) is 0.763. The Bertz CT molecular complexity index is 575. The molecule has 1 heterocycles. The van der Waals surface area contributed by atoms with E-state index in [2.05, 4.69) is 11.2 Å². The fourth-order valence-corrected chi connectivity index (χ4v) is 2.57. The number of aliphatic hydroxyl groups excluding tert-OH is 1. The minimum Gasteiger partial charge on any atom is -0.383 e. The summed E-state index contributed by atoms with van der Waals surface area (Å²) in [5, 5.41) is 15.3. The van der Waals surface area contributed by atoms with Crippen LogP contribution in [0.15, 0.2) is 24.4 Å². The lowest BCUT2D eigenvalue weighted by molar-refractivity contribution is 0.171. The number of benzene rings is 1. The van der Waals surface area contributed by atoms with Crippen LogP contribution in [0.5, 0.6) is 0 Å². The van der Waals surface area contributed by atoms with E-state index in [9.17, 15) is 5.11 Å². The Morgan fingerprint density at radius 3 is 2.55 bits per heavy atom. The molecule has 1 aromatic carbocycles. The third-order valence-electron chi connectivity index (χ3n) is 3.16. The Kier molecular flexibility index (Phi) is 4.81. The molecular weight excluding hydrogens is 276 g/mol. The average Bonchev–Trinajstić information content (AvgIpc) is 2.75. The van der Waals surface area contributed by atoms with Crippen molar-refractivity contribution < 1.29 is 9.84 Å². The van der Waals surface area contributed by atoms with Crippen molar-refractivity contribution in [3.8, 4) is 0 Å². The first-order valence-electron chi connectivity index (χ1n) is 6.49. The topological polar surface area (TPSA) is 47.3 Å². The first-order valence-corrected chi connectivity index (χ1v) is 6.87. The quantitative estimate of drug-likeness (QED) is 0.922. The van der Waals surface area contributed by atoms with Gasteiger partial charge in [-0.15, -0.1) is 0 Å². The van der Waals surface area contributed by atoms with Gasteiger partial charge in [0.2, 0.25) is 0 Å². The zero-order valence-electron chi connectivity index (χ0n) is 11.9. The van der Waals surface area contributed by atoms with E-state index in [-0.39, 0.29) is 0 Å². The molecule has 0 amide bonds. The highest BCUT2D eigenvalue weighted by Crippen LogP contribution is 2.29. The molecule has 0 aliphatic carbocycles. The maximum absolute atomic E-state index is 10.6. The van der Waals surface area contributed by atoms with E-state index in [0.717, 1.165) is 16.7 Å². The van der Waals surface area contributed by atoms with Crippen molar-refractivity contribution in [2.75, 3.05) is 13.7 Å². The zero-order valence-corrected chi connectivity index (χ0v) is 12.7. The highest BCUT2D eigenvalue weighted by atomic mass is 35.5. The Balaban J connectivity index is 2.36. The van der Waals surface area contributed by atoms with Gasteiger partial charge in [0.25, 0.3) is 0 Å². The molecule has 1 aromatic heterocycles. The summed E-state index contributed by atoms with van der Waals surface area (Å²) in [6.45, 7) is 5.09. The number of nitrogens with zero attached hydrogens (tertiary/aromatic N) is 2. The van der Waals surface area contributed by atoms with Crippen LogP contribution in [0.3, 0.4) is 0 Å². The number of halogens is 1. The molecule has 2 aromatic rings. The largest absolute Gasteiger partial charge is 0.383 e. The van der Waals surface area contributed by atoms with E-state index < -0.39 is 6.10 Å². The molecule has 0 aliphatic rings. The molecule has 20 heavy (non-hydrogen) atoms. The third-order valence-corrected chi connectivity index (χ3v) is 3.45. The molecule has 0 fully saturated rings. The number of hydrogen-bond acceptors (Lipinski definition) is 3.